The summed E-state index contributed by atoms with van der Waals surface area (Å²) in [7, 11) is 0. The quantitative estimate of drug-likeness (QED) is 0.511. The Balaban J connectivity index is 1.94. The molecule has 0 aromatic heterocycles. The number of Topliss-reactive ketones (excluding diaryl/α,β-unsaturated/α-hetero) is 1. The molecule has 2 nitrogen and oxygen atoms in total. The van der Waals surface area contributed by atoms with Crippen molar-refractivity contribution in [2.24, 2.45) is 5.92 Å². The summed E-state index contributed by atoms with van der Waals surface area (Å²) >= 11 is 0. The lowest BCUT2D eigenvalue weighted by Crippen LogP contribution is -2.19. The molecule has 2 rings (SSSR count). The second kappa shape index (κ2) is 2.06. The van der Waals surface area contributed by atoms with E-state index >= 15 is 0 Å². The SMILES string of the molecule is CC(=O)C1CCC2OC2C1. The molecule has 1 saturated carbocycles. The largest absolute Gasteiger partial charge is 0.370 e. The van der Waals surface area contributed by atoms with E-state index in [1.807, 2.05) is 0 Å². The normalized spacial score (nSPS) is 44.3. The Morgan fingerprint density at radius 2 is 2.20 bits per heavy atom. The van der Waals surface area contributed by atoms with Gasteiger partial charge >= 0.3 is 0 Å². The molecule has 3 unspecified atom stereocenters. The van der Waals surface area contributed by atoms with Gasteiger partial charge in [0.2, 0.25) is 0 Å². The van der Waals surface area contributed by atoms with Crippen LogP contribution in [0.5, 0.6) is 0 Å². The molecule has 0 aromatic carbocycles. The van der Waals surface area contributed by atoms with E-state index < -0.39 is 0 Å². The highest BCUT2D eigenvalue weighted by Crippen LogP contribution is 2.39. The second-order valence-electron chi connectivity index (χ2n) is 3.33. The van der Waals surface area contributed by atoms with Crippen LogP contribution in [-0.4, -0.2) is 18.0 Å². The van der Waals surface area contributed by atoms with E-state index in [2.05, 4.69) is 0 Å². The maximum absolute atomic E-state index is 10.9. The third kappa shape index (κ3) is 0.966. The Morgan fingerprint density at radius 3 is 2.80 bits per heavy atom. The van der Waals surface area contributed by atoms with Gasteiger partial charge in [-0.25, -0.2) is 0 Å². The van der Waals surface area contributed by atoms with Gasteiger partial charge in [0.1, 0.15) is 5.78 Å². The fourth-order valence-electron chi connectivity index (χ4n) is 1.77. The lowest BCUT2D eigenvalue weighted by molar-refractivity contribution is -0.121. The van der Waals surface area contributed by atoms with Crippen LogP contribution < -0.4 is 0 Å². The molecule has 0 aromatic rings. The molecular weight excluding hydrogens is 128 g/mol. The highest BCUT2D eigenvalue weighted by Gasteiger charge is 2.44. The number of rotatable bonds is 1. The van der Waals surface area contributed by atoms with E-state index in [9.17, 15) is 4.79 Å². The molecular formula is C8H12O2. The van der Waals surface area contributed by atoms with Crippen molar-refractivity contribution >= 4 is 5.78 Å². The number of epoxide rings is 1. The highest BCUT2D eigenvalue weighted by molar-refractivity contribution is 5.78. The molecule has 0 radical (unpaired) electrons. The summed E-state index contributed by atoms with van der Waals surface area (Å²) < 4.78 is 5.31. The van der Waals surface area contributed by atoms with Crippen LogP contribution in [0.2, 0.25) is 0 Å². The van der Waals surface area contributed by atoms with Gasteiger partial charge in [0.15, 0.2) is 0 Å². The molecule has 2 fully saturated rings. The fourth-order valence-corrected chi connectivity index (χ4v) is 1.77. The zero-order chi connectivity index (χ0) is 7.14. The summed E-state index contributed by atoms with van der Waals surface area (Å²) in [6.07, 6.45) is 4.11. The Morgan fingerprint density at radius 1 is 1.40 bits per heavy atom. The minimum atomic E-state index is 0.309. The van der Waals surface area contributed by atoms with Gasteiger partial charge in [-0.15, -0.1) is 0 Å². The minimum Gasteiger partial charge on any atom is -0.370 e. The number of hydrogen-bond donors (Lipinski definition) is 0. The van der Waals surface area contributed by atoms with Crippen LogP contribution in [0.4, 0.5) is 0 Å². The fraction of sp³-hybridized carbons (Fsp3) is 0.875. The summed E-state index contributed by atoms with van der Waals surface area (Å²) in [6.45, 7) is 1.69. The first-order valence-corrected chi connectivity index (χ1v) is 3.93. The molecule has 1 aliphatic heterocycles. The Kier molecular flexibility index (Phi) is 1.31. The lowest BCUT2D eigenvalue weighted by atomic mass is 9.87. The van der Waals surface area contributed by atoms with Gasteiger partial charge in [-0.2, -0.15) is 0 Å². The summed E-state index contributed by atoms with van der Waals surface area (Å²) in [5.41, 5.74) is 0. The lowest BCUT2D eigenvalue weighted by Gasteiger charge is -2.14. The average Bonchev–Trinajstić information content (AvgIpc) is 2.63. The van der Waals surface area contributed by atoms with Crippen LogP contribution in [0.1, 0.15) is 26.2 Å². The van der Waals surface area contributed by atoms with Crippen LogP contribution in [0.25, 0.3) is 0 Å². The zero-order valence-electron chi connectivity index (χ0n) is 6.17. The predicted molar refractivity (Wildman–Crippen MR) is 36.7 cm³/mol. The predicted octanol–water partition coefficient (Wildman–Crippen LogP) is 1.14. The van der Waals surface area contributed by atoms with Crippen LogP contribution >= 0.6 is 0 Å². The molecule has 0 N–H and O–H groups in total. The molecule has 56 valence electrons. The summed E-state index contributed by atoms with van der Waals surface area (Å²) in [6, 6.07) is 0. The molecule has 1 saturated heterocycles. The van der Waals surface area contributed by atoms with Gasteiger partial charge in [-0.1, -0.05) is 0 Å². The van der Waals surface area contributed by atoms with Gasteiger partial charge in [0.05, 0.1) is 12.2 Å². The third-order valence-electron chi connectivity index (χ3n) is 2.58. The van der Waals surface area contributed by atoms with Gasteiger partial charge < -0.3 is 4.74 Å². The molecule has 0 spiro atoms. The van der Waals surface area contributed by atoms with Crippen molar-refractivity contribution in [1.29, 1.82) is 0 Å². The van der Waals surface area contributed by atoms with E-state index in [4.69, 9.17) is 4.74 Å². The molecule has 3 atom stereocenters. The van der Waals surface area contributed by atoms with Crippen molar-refractivity contribution in [2.45, 2.75) is 38.4 Å². The average molecular weight is 140 g/mol. The van der Waals surface area contributed by atoms with Crippen LogP contribution in [-0.2, 0) is 9.53 Å². The summed E-state index contributed by atoms with van der Waals surface area (Å²) in [4.78, 5) is 10.9. The molecule has 0 amide bonds. The van der Waals surface area contributed by atoms with Crippen molar-refractivity contribution in [3.63, 3.8) is 0 Å². The molecule has 10 heavy (non-hydrogen) atoms. The van der Waals surface area contributed by atoms with Crippen LogP contribution in [0.15, 0.2) is 0 Å². The number of hydrogen-bond acceptors (Lipinski definition) is 2. The van der Waals surface area contributed by atoms with Gasteiger partial charge in [-0.05, 0) is 26.2 Å². The first-order valence-electron chi connectivity index (χ1n) is 3.93. The van der Waals surface area contributed by atoms with Crippen LogP contribution in [0, 0.1) is 5.92 Å². The number of fused-ring (bicyclic) bond motifs is 1. The second-order valence-corrected chi connectivity index (χ2v) is 3.33. The number of ketones is 1. The summed E-state index contributed by atoms with van der Waals surface area (Å²) in [5, 5.41) is 0. The zero-order valence-corrected chi connectivity index (χ0v) is 6.17. The van der Waals surface area contributed by atoms with Crippen molar-refractivity contribution in [1.82, 2.24) is 0 Å². The Bertz CT molecular complexity index is 165. The van der Waals surface area contributed by atoms with Crippen molar-refractivity contribution in [3.8, 4) is 0 Å². The van der Waals surface area contributed by atoms with E-state index in [1.165, 1.54) is 0 Å². The van der Waals surface area contributed by atoms with E-state index in [1.54, 1.807) is 6.92 Å². The molecule has 2 heteroatoms. The Hall–Kier alpha value is -0.370. The summed E-state index contributed by atoms with van der Waals surface area (Å²) in [5.74, 6) is 0.651. The van der Waals surface area contributed by atoms with Crippen molar-refractivity contribution < 1.29 is 9.53 Å². The van der Waals surface area contributed by atoms with E-state index in [0.29, 0.717) is 23.9 Å². The monoisotopic (exact) mass is 140 g/mol. The number of carbonyl (C=O) groups is 1. The third-order valence-corrected chi connectivity index (χ3v) is 2.58. The number of ether oxygens (including phenoxy) is 1. The van der Waals surface area contributed by atoms with Gasteiger partial charge in [-0.3, -0.25) is 4.79 Å². The van der Waals surface area contributed by atoms with E-state index in [0.717, 1.165) is 19.3 Å². The van der Waals surface area contributed by atoms with Crippen LogP contribution in [0.3, 0.4) is 0 Å². The topological polar surface area (TPSA) is 29.6 Å². The minimum absolute atomic E-state index is 0.309. The van der Waals surface area contributed by atoms with Crippen molar-refractivity contribution in [2.75, 3.05) is 0 Å². The van der Waals surface area contributed by atoms with Gasteiger partial charge in [0.25, 0.3) is 0 Å². The maximum atomic E-state index is 10.9. The smallest absolute Gasteiger partial charge is 0.133 e. The van der Waals surface area contributed by atoms with Crippen molar-refractivity contribution in [3.05, 3.63) is 0 Å². The van der Waals surface area contributed by atoms with Gasteiger partial charge in [0, 0.05) is 5.92 Å². The number of carbonyl (C=O) groups excluding carboxylic acids is 1. The maximum Gasteiger partial charge on any atom is 0.133 e. The first kappa shape index (κ1) is 6.35. The molecule has 0 bridgehead atoms. The Labute approximate surface area is 60.6 Å². The standard InChI is InChI=1S/C8H12O2/c1-5(9)6-2-3-7-8(4-6)10-7/h6-8H,2-4H2,1H3. The highest BCUT2D eigenvalue weighted by atomic mass is 16.6. The van der Waals surface area contributed by atoms with E-state index in [-0.39, 0.29) is 0 Å². The molecule has 1 heterocycles. The molecule has 1 aliphatic carbocycles. The molecule has 2 aliphatic rings. The first-order chi connectivity index (χ1) is 4.77.